The molecule has 1 amide bonds. The molecule has 4 heteroatoms. The number of carbonyl (C=O) groups excluding carboxylic acids is 1. The number of aliphatic hydroxyl groups is 1. The van der Waals surface area contributed by atoms with Crippen molar-refractivity contribution in [1.82, 2.24) is 4.90 Å². The third-order valence-corrected chi connectivity index (χ3v) is 3.08. The smallest absolute Gasteiger partial charge is 0.223 e. The number of halogens is 1. The van der Waals surface area contributed by atoms with E-state index in [1.165, 1.54) is 0 Å². The van der Waals surface area contributed by atoms with E-state index in [0.717, 1.165) is 10.0 Å². The second-order valence-corrected chi connectivity index (χ2v) is 4.90. The summed E-state index contributed by atoms with van der Waals surface area (Å²) in [4.78, 5) is 13.6. The van der Waals surface area contributed by atoms with Gasteiger partial charge in [0.2, 0.25) is 5.91 Å². The number of rotatable bonds is 7. The molecular weight excluding hydrogens is 294 g/mol. The Morgan fingerprint density at radius 2 is 2.28 bits per heavy atom. The maximum absolute atomic E-state index is 11.9. The molecule has 0 aliphatic heterocycles. The van der Waals surface area contributed by atoms with Crippen LogP contribution in [0.25, 0.3) is 0 Å². The fourth-order valence-electron chi connectivity index (χ4n) is 1.70. The molecule has 0 aromatic heterocycles. The van der Waals surface area contributed by atoms with Gasteiger partial charge in [0.15, 0.2) is 0 Å². The number of benzene rings is 1. The van der Waals surface area contributed by atoms with Gasteiger partial charge in [0.25, 0.3) is 0 Å². The molecule has 98 valence electrons. The first kappa shape index (κ1) is 14.9. The van der Waals surface area contributed by atoms with Crippen LogP contribution in [0.15, 0.2) is 41.4 Å². The highest BCUT2D eigenvalue weighted by Crippen LogP contribution is 2.13. The summed E-state index contributed by atoms with van der Waals surface area (Å²) in [6.07, 6.45) is 2.83. The quantitative estimate of drug-likeness (QED) is 0.785. The SMILES string of the molecule is C=CCN(CCO)C(=O)CCc1cccc(Br)c1. The molecule has 0 atom stereocenters. The Balaban J connectivity index is 2.50. The van der Waals surface area contributed by atoms with E-state index in [1.807, 2.05) is 24.3 Å². The molecule has 0 fully saturated rings. The first-order chi connectivity index (χ1) is 8.67. The van der Waals surface area contributed by atoms with Gasteiger partial charge in [0, 0.05) is 24.0 Å². The molecule has 0 aliphatic rings. The van der Waals surface area contributed by atoms with Gasteiger partial charge in [0.05, 0.1) is 6.61 Å². The number of aryl methyl sites for hydroxylation is 1. The minimum absolute atomic E-state index is 0.0174. The zero-order chi connectivity index (χ0) is 13.4. The second-order valence-electron chi connectivity index (χ2n) is 3.98. The average molecular weight is 312 g/mol. The highest BCUT2D eigenvalue weighted by atomic mass is 79.9. The topological polar surface area (TPSA) is 40.5 Å². The first-order valence-corrected chi connectivity index (χ1v) is 6.70. The Bertz CT molecular complexity index is 407. The van der Waals surface area contributed by atoms with Gasteiger partial charge in [-0.2, -0.15) is 0 Å². The molecule has 0 saturated heterocycles. The normalized spacial score (nSPS) is 10.1. The van der Waals surface area contributed by atoms with Crippen LogP contribution >= 0.6 is 15.9 Å². The molecule has 0 heterocycles. The van der Waals surface area contributed by atoms with E-state index < -0.39 is 0 Å². The lowest BCUT2D eigenvalue weighted by atomic mass is 10.1. The van der Waals surface area contributed by atoms with Crippen LogP contribution in [0.4, 0.5) is 0 Å². The molecule has 1 N–H and O–H groups in total. The molecule has 0 aliphatic carbocycles. The van der Waals surface area contributed by atoms with Gasteiger partial charge in [-0.15, -0.1) is 6.58 Å². The molecule has 0 radical (unpaired) electrons. The summed E-state index contributed by atoms with van der Waals surface area (Å²) in [5.41, 5.74) is 1.13. The van der Waals surface area contributed by atoms with Crippen molar-refractivity contribution in [2.45, 2.75) is 12.8 Å². The van der Waals surface area contributed by atoms with Gasteiger partial charge in [-0.25, -0.2) is 0 Å². The van der Waals surface area contributed by atoms with E-state index >= 15 is 0 Å². The zero-order valence-electron chi connectivity index (χ0n) is 10.3. The minimum atomic E-state index is -0.0174. The lowest BCUT2D eigenvalue weighted by Crippen LogP contribution is -2.33. The van der Waals surface area contributed by atoms with Crippen molar-refractivity contribution >= 4 is 21.8 Å². The molecule has 1 aromatic rings. The standard InChI is InChI=1S/C14H18BrNO2/c1-2-8-16(9-10-17)14(18)7-6-12-4-3-5-13(15)11-12/h2-5,11,17H,1,6-10H2. The van der Waals surface area contributed by atoms with Gasteiger partial charge in [-0.3, -0.25) is 4.79 Å². The number of hydrogen-bond acceptors (Lipinski definition) is 2. The van der Waals surface area contributed by atoms with E-state index in [1.54, 1.807) is 11.0 Å². The number of hydrogen-bond donors (Lipinski definition) is 1. The number of amides is 1. The highest BCUT2D eigenvalue weighted by Gasteiger charge is 2.11. The van der Waals surface area contributed by atoms with Crippen LogP contribution in [0.5, 0.6) is 0 Å². The van der Waals surface area contributed by atoms with Crippen molar-refractivity contribution in [2.24, 2.45) is 0 Å². The number of nitrogens with zero attached hydrogens (tertiary/aromatic N) is 1. The minimum Gasteiger partial charge on any atom is -0.395 e. The molecule has 1 aromatic carbocycles. The summed E-state index contributed by atoms with van der Waals surface area (Å²) in [5, 5.41) is 8.90. The Morgan fingerprint density at radius 1 is 1.50 bits per heavy atom. The van der Waals surface area contributed by atoms with Gasteiger partial charge in [-0.05, 0) is 24.1 Å². The molecule has 18 heavy (non-hydrogen) atoms. The molecule has 0 unspecified atom stereocenters. The van der Waals surface area contributed by atoms with E-state index in [-0.39, 0.29) is 12.5 Å². The Morgan fingerprint density at radius 3 is 2.89 bits per heavy atom. The van der Waals surface area contributed by atoms with E-state index in [9.17, 15) is 4.79 Å². The van der Waals surface area contributed by atoms with Crippen LogP contribution in [0, 0.1) is 0 Å². The molecule has 3 nitrogen and oxygen atoms in total. The van der Waals surface area contributed by atoms with Gasteiger partial charge >= 0.3 is 0 Å². The highest BCUT2D eigenvalue weighted by molar-refractivity contribution is 9.10. The predicted octanol–water partition coefficient (Wildman–Crippen LogP) is 2.39. The Hall–Kier alpha value is -1.13. The molecule has 1 rings (SSSR count). The summed E-state index contributed by atoms with van der Waals surface area (Å²) in [6, 6.07) is 7.93. The summed E-state index contributed by atoms with van der Waals surface area (Å²) in [5.74, 6) is 0.0453. The fraction of sp³-hybridized carbons (Fsp3) is 0.357. The fourth-order valence-corrected chi connectivity index (χ4v) is 2.14. The van der Waals surface area contributed by atoms with Crippen LogP contribution in [0.1, 0.15) is 12.0 Å². The molecular formula is C14H18BrNO2. The van der Waals surface area contributed by atoms with Crippen molar-refractivity contribution in [2.75, 3.05) is 19.7 Å². The van der Waals surface area contributed by atoms with Crippen molar-refractivity contribution in [3.05, 3.63) is 47.0 Å². The third-order valence-electron chi connectivity index (χ3n) is 2.59. The monoisotopic (exact) mass is 311 g/mol. The lowest BCUT2D eigenvalue weighted by molar-refractivity contribution is -0.131. The maximum atomic E-state index is 11.9. The van der Waals surface area contributed by atoms with Gasteiger partial charge < -0.3 is 10.0 Å². The Labute approximate surface area is 116 Å². The summed E-state index contributed by atoms with van der Waals surface area (Å²) >= 11 is 3.41. The average Bonchev–Trinajstić information content (AvgIpc) is 2.36. The summed E-state index contributed by atoms with van der Waals surface area (Å²) in [7, 11) is 0. The van der Waals surface area contributed by atoms with Gasteiger partial charge in [-0.1, -0.05) is 34.1 Å². The largest absolute Gasteiger partial charge is 0.395 e. The number of carbonyl (C=O) groups is 1. The molecule has 0 saturated carbocycles. The first-order valence-electron chi connectivity index (χ1n) is 5.91. The Kier molecular flexibility index (Phi) is 6.68. The second kappa shape index (κ2) is 8.06. The van der Waals surface area contributed by atoms with E-state index in [0.29, 0.717) is 25.9 Å². The molecule has 0 spiro atoms. The van der Waals surface area contributed by atoms with Crippen molar-refractivity contribution in [3.63, 3.8) is 0 Å². The van der Waals surface area contributed by atoms with Crippen molar-refractivity contribution in [3.8, 4) is 0 Å². The van der Waals surface area contributed by atoms with Crippen LogP contribution in [0.2, 0.25) is 0 Å². The van der Waals surface area contributed by atoms with Crippen LogP contribution in [-0.4, -0.2) is 35.6 Å². The van der Waals surface area contributed by atoms with Gasteiger partial charge in [0.1, 0.15) is 0 Å². The lowest BCUT2D eigenvalue weighted by Gasteiger charge is -2.19. The third kappa shape index (κ3) is 5.02. The summed E-state index contributed by atoms with van der Waals surface area (Å²) in [6.45, 7) is 4.44. The van der Waals surface area contributed by atoms with Crippen molar-refractivity contribution < 1.29 is 9.90 Å². The van der Waals surface area contributed by atoms with Crippen LogP contribution in [-0.2, 0) is 11.2 Å². The van der Waals surface area contributed by atoms with Crippen LogP contribution in [0.3, 0.4) is 0 Å². The predicted molar refractivity (Wildman–Crippen MR) is 76.3 cm³/mol. The zero-order valence-corrected chi connectivity index (χ0v) is 11.9. The van der Waals surface area contributed by atoms with Crippen LogP contribution < -0.4 is 0 Å². The number of aliphatic hydroxyl groups excluding tert-OH is 1. The maximum Gasteiger partial charge on any atom is 0.223 e. The summed E-state index contributed by atoms with van der Waals surface area (Å²) < 4.78 is 1.02. The molecule has 0 bridgehead atoms. The van der Waals surface area contributed by atoms with E-state index in [4.69, 9.17) is 5.11 Å². The van der Waals surface area contributed by atoms with E-state index in [2.05, 4.69) is 22.5 Å². The van der Waals surface area contributed by atoms with Crippen molar-refractivity contribution in [1.29, 1.82) is 0 Å².